The van der Waals surface area contributed by atoms with Crippen LogP contribution in [0.5, 0.6) is 5.75 Å². The molecule has 0 saturated heterocycles. The van der Waals surface area contributed by atoms with E-state index in [1.165, 1.54) is 5.56 Å². The Morgan fingerprint density at radius 3 is 2.30 bits per heavy atom. The van der Waals surface area contributed by atoms with E-state index in [1.54, 1.807) is 18.2 Å². The monoisotopic (exact) mass is 269 g/mol. The third kappa shape index (κ3) is 3.18. The van der Waals surface area contributed by atoms with Crippen molar-refractivity contribution in [3.05, 3.63) is 59.2 Å². The first-order valence-electron chi connectivity index (χ1n) is 6.68. The van der Waals surface area contributed by atoms with Crippen molar-refractivity contribution in [2.75, 3.05) is 5.32 Å². The van der Waals surface area contributed by atoms with Crippen molar-refractivity contribution in [3.8, 4) is 5.75 Å². The Labute approximate surface area is 119 Å². The number of nitrogens with one attached hydrogen (secondary N) is 1. The van der Waals surface area contributed by atoms with Gasteiger partial charge in [-0.05, 0) is 42.2 Å². The lowest BCUT2D eigenvalue weighted by atomic mass is 10.0. The maximum Gasteiger partial charge on any atom is 0.255 e. The number of amides is 1. The zero-order valence-electron chi connectivity index (χ0n) is 12.0. The van der Waals surface area contributed by atoms with Gasteiger partial charge < -0.3 is 10.4 Å². The van der Waals surface area contributed by atoms with Gasteiger partial charge in [0.25, 0.3) is 5.91 Å². The lowest BCUT2D eigenvalue weighted by Gasteiger charge is -2.09. The molecule has 2 rings (SSSR count). The van der Waals surface area contributed by atoms with Gasteiger partial charge >= 0.3 is 0 Å². The van der Waals surface area contributed by atoms with Crippen molar-refractivity contribution >= 4 is 11.6 Å². The van der Waals surface area contributed by atoms with Crippen molar-refractivity contribution in [2.45, 2.75) is 26.7 Å². The van der Waals surface area contributed by atoms with E-state index >= 15 is 0 Å². The fourth-order valence-corrected chi connectivity index (χ4v) is 1.91. The normalized spacial score (nSPS) is 10.6. The van der Waals surface area contributed by atoms with Gasteiger partial charge in [-0.25, -0.2) is 0 Å². The van der Waals surface area contributed by atoms with Gasteiger partial charge in [-0.1, -0.05) is 32.0 Å². The van der Waals surface area contributed by atoms with Gasteiger partial charge in [0, 0.05) is 17.3 Å². The van der Waals surface area contributed by atoms with E-state index < -0.39 is 0 Å². The molecule has 0 heterocycles. The van der Waals surface area contributed by atoms with E-state index in [-0.39, 0.29) is 11.7 Å². The van der Waals surface area contributed by atoms with E-state index in [2.05, 4.69) is 19.2 Å². The van der Waals surface area contributed by atoms with Gasteiger partial charge in [0.2, 0.25) is 0 Å². The number of carbonyl (C=O) groups is 1. The zero-order chi connectivity index (χ0) is 14.7. The number of phenols is 1. The van der Waals surface area contributed by atoms with Gasteiger partial charge in [-0.15, -0.1) is 0 Å². The highest BCUT2D eigenvalue weighted by atomic mass is 16.3. The highest BCUT2D eigenvalue weighted by Crippen LogP contribution is 2.21. The van der Waals surface area contributed by atoms with Crippen LogP contribution in [0.25, 0.3) is 0 Å². The number of aromatic hydroxyl groups is 1. The minimum Gasteiger partial charge on any atom is -0.508 e. The van der Waals surface area contributed by atoms with Crippen molar-refractivity contribution < 1.29 is 9.90 Å². The smallest absolute Gasteiger partial charge is 0.255 e. The average Bonchev–Trinajstić information content (AvgIpc) is 2.43. The Morgan fingerprint density at radius 2 is 1.75 bits per heavy atom. The molecule has 0 aliphatic heterocycles. The van der Waals surface area contributed by atoms with Gasteiger partial charge in [0.15, 0.2) is 0 Å². The molecular formula is C17H19NO2. The summed E-state index contributed by atoms with van der Waals surface area (Å²) in [7, 11) is 0. The number of anilines is 1. The van der Waals surface area contributed by atoms with Gasteiger partial charge in [0.05, 0.1) is 0 Å². The SMILES string of the molecule is Cc1ccc(NC(=O)c2ccc(C(C)C)cc2)cc1O. The summed E-state index contributed by atoms with van der Waals surface area (Å²) in [6.07, 6.45) is 0. The molecule has 0 unspecified atom stereocenters. The van der Waals surface area contributed by atoms with Crippen molar-refractivity contribution in [2.24, 2.45) is 0 Å². The summed E-state index contributed by atoms with van der Waals surface area (Å²) in [6, 6.07) is 12.7. The quantitative estimate of drug-likeness (QED) is 0.882. The zero-order valence-corrected chi connectivity index (χ0v) is 12.0. The van der Waals surface area contributed by atoms with Crippen LogP contribution in [-0.4, -0.2) is 11.0 Å². The topological polar surface area (TPSA) is 49.3 Å². The molecule has 3 nitrogen and oxygen atoms in total. The number of phenolic OH excluding ortho intramolecular Hbond substituents is 1. The molecule has 0 aromatic heterocycles. The van der Waals surface area contributed by atoms with E-state index in [1.807, 2.05) is 31.2 Å². The molecule has 0 atom stereocenters. The van der Waals surface area contributed by atoms with E-state index in [0.29, 0.717) is 17.2 Å². The minimum absolute atomic E-state index is 0.177. The maximum atomic E-state index is 12.1. The van der Waals surface area contributed by atoms with Gasteiger partial charge in [-0.3, -0.25) is 4.79 Å². The van der Waals surface area contributed by atoms with Crippen LogP contribution in [0.3, 0.4) is 0 Å². The maximum absolute atomic E-state index is 12.1. The first kappa shape index (κ1) is 14.1. The molecule has 2 N–H and O–H groups in total. The van der Waals surface area contributed by atoms with Crippen LogP contribution in [0, 0.1) is 6.92 Å². The summed E-state index contributed by atoms with van der Waals surface area (Å²) in [6.45, 7) is 6.04. The molecule has 0 aliphatic rings. The summed E-state index contributed by atoms with van der Waals surface area (Å²) < 4.78 is 0. The Bertz CT molecular complexity index is 615. The largest absolute Gasteiger partial charge is 0.508 e. The van der Waals surface area contributed by atoms with E-state index in [0.717, 1.165) is 5.56 Å². The summed E-state index contributed by atoms with van der Waals surface area (Å²) in [4.78, 5) is 12.1. The first-order chi connectivity index (χ1) is 9.47. The summed E-state index contributed by atoms with van der Waals surface area (Å²) in [5.74, 6) is 0.447. The molecule has 0 aliphatic carbocycles. The molecule has 2 aromatic carbocycles. The second kappa shape index (κ2) is 5.78. The summed E-state index contributed by atoms with van der Waals surface area (Å²) in [5.41, 5.74) is 3.18. The van der Waals surface area contributed by atoms with Gasteiger partial charge in [-0.2, -0.15) is 0 Å². The Kier molecular flexibility index (Phi) is 4.08. The molecule has 0 fully saturated rings. The van der Waals surface area contributed by atoms with Crippen LogP contribution in [0.2, 0.25) is 0 Å². The number of rotatable bonds is 3. The standard InChI is InChI=1S/C17H19NO2/c1-11(2)13-5-7-14(8-6-13)17(20)18-15-9-4-12(3)16(19)10-15/h4-11,19H,1-3H3,(H,18,20). The average molecular weight is 269 g/mol. The molecular weight excluding hydrogens is 250 g/mol. The number of benzene rings is 2. The number of aryl methyl sites for hydroxylation is 1. The lowest BCUT2D eigenvalue weighted by molar-refractivity contribution is 0.102. The van der Waals surface area contributed by atoms with Crippen molar-refractivity contribution in [1.29, 1.82) is 0 Å². The number of carbonyl (C=O) groups excluding carboxylic acids is 1. The van der Waals surface area contributed by atoms with Crippen LogP contribution in [-0.2, 0) is 0 Å². The minimum atomic E-state index is -0.177. The Morgan fingerprint density at radius 1 is 1.10 bits per heavy atom. The molecule has 104 valence electrons. The van der Waals surface area contributed by atoms with Crippen molar-refractivity contribution in [3.63, 3.8) is 0 Å². The fraction of sp³-hybridized carbons (Fsp3) is 0.235. The van der Waals surface area contributed by atoms with Gasteiger partial charge in [0.1, 0.15) is 5.75 Å². The highest BCUT2D eigenvalue weighted by molar-refractivity contribution is 6.04. The third-order valence-electron chi connectivity index (χ3n) is 3.31. The fourth-order valence-electron chi connectivity index (χ4n) is 1.91. The van der Waals surface area contributed by atoms with Crippen LogP contribution >= 0.6 is 0 Å². The second-order valence-corrected chi connectivity index (χ2v) is 5.23. The molecule has 1 amide bonds. The molecule has 0 radical (unpaired) electrons. The first-order valence-corrected chi connectivity index (χ1v) is 6.68. The van der Waals surface area contributed by atoms with Crippen molar-refractivity contribution in [1.82, 2.24) is 0 Å². The van der Waals surface area contributed by atoms with E-state index in [9.17, 15) is 9.90 Å². The third-order valence-corrected chi connectivity index (χ3v) is 3.31. The summed E-state index contributed by atoms with van der Waals surface area (Å²) in [5, 5.41) is 12.4. The predicted octanol–water partition coefficient (Wildman–Crippen LogP) is 4.08. The molecule has 3 heteroatoms. The summed E-state index contributed by atoms with van der Waals surface area (Å²) >= 11 is 0. The molecule has 2 aromatic rings. The molecule has 0 saturated carbocycles. The Balaban J connectivity index is 2.13. The number of hydrogen-bond donors (Lipinski definition) is 2. The van der Waals surface area contributed by atoms with E-state index in [4.69, 9.17) is 0 Å². The van der Waals surface area contributed by atoms with Crippen LogP contribution in [0.4, 0.5) is 5.69 Å². The number of hydrogen-bond acceptors (Lipinski definition) is 2. The molecule has 0 bridgehead atoms. The lowest BCUT2D eigenvalue weighted by Crippen LogP contribution is -2.11. The second-order valence-electron chi connectivity index (χ2n) is 5.23. The van der Waals surface area contributed by atoms with Crippen LogP contribution < -0.4 is 5.32 Å². The highest BCUT2D eigenvalue weighted by Gasteiger charge is 2.08. The van der Waals surface area contributed by atoms with Crippen LogP contribution in [0.1, 0.15) is 41.3 Å². The van der Waals surface area contributed by atoms with Crippen LogP contribution in [0.15, 0.2) is 42.5 Å². The molecule has 0 spiro atoms. The Hall–Kier alpha value is -2.29. The molecule has 20 heavy (non-hydrogen) atoms. The predicted molar refractivity (Wildman–Crippen MR) is 81.3 cm³/mol.